The van der Waals surface area contributed by atoms with Crippen molar-refractivity contribution in [3.8, 4) is 22.5 Å². The number of carbonyl (C=O) groups excluding carboxylic acids is 1. The van der Waals surface area contributed by atoms with Gasteiger partial charge in [0.1, 0.15) is 0 Å². The molecule has 308 valence electrons. The molecule has 13 heteroatoms. The van der Waals surface area contributed by atoms with Crippen molar-refractivity contribution in [1.82, 2.24) is 19.8 Å². The van der Waals surface area contributed by atoms with E-state index >= 15 is 0 Å². The third kappa shape index (κ3) is 12.7. The number of aryl methyl sites for hydroxylation is 4. The van der Waals surface area contributed by atoms with E-state index in [1.165, 1.54) is 22.3 Å². The Balaban J connectivity index is 0.000000256. The zero-order valence-corrected chi connectivity index (χ0v) is 38.2. The van der Waals surface area contributed by atoms with Crippen LogP contribution in [0.4, 0.5) is 11.4 Å². The van der Waals surface area contributed by atoms with Crippen LogP contribution in [0.1, 0.15) is 78.0 Å². The summed E-state index contributed by atoms with van der Waals surface area (Å²) in [7, 11) is 4.02. The highest BCUT2D eigenvalue weighted by Crippen LogP contribution is 2.30. The van der Waals surface area contributed by atoms with Gasteiger partial charge in [0.05, 0.1) is 51.0 Å². The Morgan fingerprint density at radius 1 is 0.661 bits per heavy atom. The molecule has 3 N–H and O–H groups in total. The first-order valence-corrected chi connectivity index (χ1v) is 20.8. The number of hydrogen-bond acceptors (Lipinski definition) is 8. The molecule has 0 aliphatic carbocycles. The average molecular weight is 895 g/mol. The van der Waals surface area contributed by atoms with Gasteiger partial charge in [-0.15, -0.1) is 39.7 Å². The molecule has 10 nitrogen and oxygen atoms in total. The molecule has 0 saturated heterocycles. The number of aromatic nitrogens is 2. The summed E-state index contributed by atoms with van der Waals surface area (Å²) in [6.07, 6.45) is 5.29. The van der Waals surface area contributed by atoms with Crippen LogP contribution in [0.15, 0.2) is 93.5 Å². The van der Waals surface area contributed by atoms with Crippen molar-refractivity contribution in [3.63, 3.8) is 0 Å². The fourth-order valence-corrected chi connectivity index (χ4v) is 7.48. The molecular weight excluding hydrogens is 843 g/mol. The van der Waals surface area contributed by atoms with E-state index in [1.54, 1.807) is 59.1 Å². The van der Waals surface area contributed by atoms with Gasteiger partial charge in [-0.05, 0) is 111 Å². The van der Waals surface area contributed by atoms with Gasteiger partial charge in [0.15, 0.2) is 0 Å². The molecule has 0 saturated carbocycles. The summed E-state index contributed by atoms with van der Waals surface area (Å²) in [4.78, 5) is 45.1. The van der Waals surface area contributed by atoms with Gasteiger partial charge in [0, 0.05) is 67.5 Å². The number of rotatable bonds is 14. The molecule has 0 fully saturated rings. The van der Waals surface area contributed by atoms with Crippen molar-refractivity contribution >= 4 is 75.6 Å². The molecule has 6 rings (SSSR count). The maximum absolute atomic E-state index is 11.2. The van der Waals surface area contributed by atoms with E-state index in [1.807, 2.05) is 49.2 Å². The minimum Gasteiger partial charge on any atom is -0.478 e. The zero-order valence-electron chi connectivity index (χ0n) is 34.8. The smallest absolute Gasteiger partial charge is 0.335 e. The maximum atomic E-state index is 11.2. The van der Waals surface area contributed by atoms with Gasteiger partial charge in [0.2, 0.25) is 5.91 Å². The fourth-order valence-electron chi connectivity index (χ4n) is 5.83. The fraction of sp³-hybridized carbons (Fsp3) is 0.261. The number of nitrogens with two attached hydrogens (primary N) is 1. The van der Waals surface area contributed by atoms with Crippen molar-refractivity contribution in [3.05, 3.63) is 138 Å². The lowest BCUT2D eigenvalue weighted by Gasteiger charge is -2.11. The molecule has 0 spiro atoms. The van der Waals surface area contributed by atoms with Crippen LogP contribution in [0.3, 0.4) is 0 Å². The number of aromatic carboxylic acids is 1. The summed E-state index contributed by atoms with van der Waals surface area (Å²) >= 11 is 3.27. The van der Waals surface area contributed by atoms with Gasteiger partial charge >= 0.3 is 5.97 Å². The van der Waals surface area contributed by atoms with Crippen molar-refractivity contribution < 1.29 is 14.7 Å². The molecule has 1 amide bonds. The number of aliphatic imine (C=N–C) groups is 2. The zero-order chi connectivity index (χ0) is 41.9. The molecule has 4 aromatic carbocycles. The molecule has 0 aliphatic rings. The minimum absolute atomic E-state index is 0. The summed E-state index contributed by atoms with van der Waals surface area (Å²) < 4.78 is 0. The summed E-state index contributed by atoms with van der Waals surface area (Å²) in [6, 6.07) is 22.7. The van der Waals surface area contributed by atoms with E-state index in [4.69, 9.17) is 20.8 Å². The second-order valence-electron chi connectivity index (χ2n) is 14.2. The largest absolute Gasteiger partial charge is 0.478 e. The number of hydrogen-bond donors (Lipinski definition) is 2. The summed E-state index contributed by atoms with van der Waals surface area (Å²) in [5.74, 6) is -1.34. The van der Waals surface area contributed by atoms with Crippen LogP contribution < -0.4 is 5.73 Å². The topological polar surface area (TPSA) is 137 Å². The number of nitrogens with zero attached hydrogens (tertiary/aromatic N) is 6. The highest BCUT2D eigenvalue weighted by Gasteiger charge is 2.12. The highest BCUT2D eigenvalue weighted by molar-refractivity contribution is 8.93. The van der Waals surface area contributed by atoms with Crippen LogP contribution in [-0.4, -0.2) is 76.6 Å². The first-order chi connectivity index (χ1) is 27.7. The van der Waals surface area contributed by atoms with Crippen molar-refractivity contribution in [2.75, 3.05) is 27.2 Å². The van der Waals surface area contributed by atoms with E-state index in [2.05, 4.69) is 86.1 Å². The Morgan fingerprint density at radius 2 is 1.05 bits per heavy atom. The normalized spacial score (nSPS) is 11.0. The lowest BCUT2D eigenvalue weighted by Crippen LogP contribution is -2.14. The van der Waals surface area contributed by atoms with E-state index < -0.39 is 11.9 Å². The molecule has 2 heterocycles. The molecular formula is C46H52BrN7O3S2. The number of amides is 1. The van der Waals surface area contributed by atoms with Crippen molar-refractivity contribution in [2.45, 2.75) is 54.4 Å². The molecule has 0 unspecified atom stereocenters. The molecule has 59 heavy (non-hydrogen) atoms. The molecule has 6 aromatic rings. The van der Waals surface area contributed by atoms with Gasteiger partial charge in [-0.2, -0.15) is 0 Å². The SMILES string of the molecule is Br.CCN(C)C=Nc1cc(C)c(Cc2nc(-c3ccc(C(=O)O)cc3)cs2)cc1C.CCN(C)C=Nc1cc(C)c(Cc2nc(-c3ccc(C(N)=O)cc3)cs2)cc1C. The molecule has 0 bridgehead atoms. The van der Waals surface area contributed by atoms with Crippen molar-refractivity contribution in [2.24, 2.45) is 15.7 Å². The molecule has 0 radical (unpaired) electrons. The Morgan fingerprint density at radius 3 is 1.41 bits per heavy atom. The lowest BCUT2D eigenvalue weighted by atomic mass is 10.0. The Labute approximate surface area is 366 Å². The van der Waals surface area contributed by atoms with E-state index in [0.29, 0.717) is 5.56 Å². The number of carboxylic acid groups (broad SMARTS) is 1. The number of benzene rings is 4. The third-order valence-electron chi connectivity index (χ3n) is 9.77. The molecule has 2 aromatic heterocycles. The number of primary amides is 1. The standard InChI is InChI=1S/C23H26N4OS.C23H25N3O2S.BrH/c1-5-27(4)14-25-20-11-15(2)19(10-16(20)3)12-22-26-21(13-29-22)17-6-8-18(9-7-17)23(24)28;1-5-26(4)14-24-20-11-15(2)19(10-16(20)3)12-22-25-21(13-29-22)17-6-8-18(9-7-17)23(27)28;/h6-11,13-14H,5,12H2,1-4H3,(H2,24,28);6-11,13-14H,5,12H2,1-4H3,(H,27,28);1H. The Bertz CT molecular complexity index is 2250. The molecule has 0 atom stereocenters. The highest BCUT2D eigenvalue weighted by atomic mass is 79.9. The third-order valence-corrected chi connectivity index (χ3v) is 11.5. The summed E-state index contributed by atoms with van der Waals surface area (Å²) in [6.45, 7) is 14.4. The first kappa shape index (κ1) is 46.2. The predicted molar refractivity (Wildman–Crippen MR) is 251 cm³/mol. The van der Waals surface area contributed by atoms with Crippen LogP contribution in [0, 0.1) is 27.7 Å². The monoisotopic (exact) mass is 893 g/mol. The molecule has 0 aliphatic heterocycles. The van der Waals surface area contributed by atoms with Crippen LogP contribution in [0.2, 0.25) is 0 Å². The Kier molecular flexibility index (Phi) is 16.8. The van der Waals surface area contributed by atoms with Gasteiger partial charge < -0.3 is 20.6 Å². The first-order valence-electron chi connectivity index (χ1n) is 19.1. The number of thiazole rings is 2. The second-order valence-corrected chi connectivity index (χ2v) is 16.1. The van der Waals surface area contributed by atoms with Gasteiger partial charge in [0.25, 0.3) is 0 Å². The number of carboxylic acids is 1. The minimum atomic E-state index is -0.921. The van der Waals surface area contributed by atoms with Crippen LogP contribution in [0.5, 0.6) is 0 Å². The van der Waals surface area contributed by atoms with Gasteiger partial charge in [-0.1, -0.05) is 36.4 Å². The second kappa shape index (κ2) is 21.5. The lowest BCUT2D eigenvalue weighted by molar-refractivity contribution is 0.0696. The number of carbonyl (C=O) groups is 2. The van der Waals surface area contributed by atoms with Gasteiger partial charge in [-0.25, -0.2) is 24.7 Å². The van der Waals surface area contributed by atoms with Crippen LogP contribution >= 0.6 is 39.7 Å². The van der Waals surface area contributed by atoms with Crippen LogP contribution in [0.25, 0.3) is 22.5 Å². The van der Waals surface area contributed by atoms with E-state index in [0.717, 1.165) is 81.0 Å². The van der Waals surface area contributed by atoms with Gasteiger partial charge in [-0.3, -0.25) is 4.79 Å². The summed E-state index contributed by atoms with van der Waals surface area (Å²) in [5, 5.41) is 15.2. The average Bonchev–Trinajstić information content (AvgIpc) is 3.89. The van der Waals surface area contributed by atoms with Crippen molar-refractivity contribution in [1.29, 1.82) is 0 Å². The maximum Gasteiger partial charge on any atom is 0.335 e. The van der Waals surface area contributed by atoms with Crippen LogP contribution in [-0.2, 0) is 12.8 Å². The van der Waals surface area contributed by atoms with E-state index in [9.17, 15) is 9.59 Å². The predicted octanol–water partition coefficient (Wildman–Crippen LogP) is 10.6. The number of halogens is 1. The van der Waals surface area contributed by atoms with E-state index in [-0.39, 0.29) is 22.5 Å². The Hall–Kier alpha value is -5.50. The summed E-state index contributed by atoms with van der Waals surface area (Å²) in [5.41, 5.74) is 19.0. The quantitative estimate of drug-likeness (QED) is 0.0820.